The Bertz CT molecular complexity index is 1560. The topological polar surface area (TPSA) is 99.0 Å². The Kier molecular flexibility index (Phi) is 5.41. The van der Waals surface area contributed by atoms with Crippen LogP contribution in [0.5, 0.6) is 5.75 Å². The fourth-order valence-electron chi connectivity index (χ4n) is 4.37. The van der Waals surface area contributed by atoms with E-state index in [0.29, 0.717) is 38.6 Å². The molecule has 0 unspecified atom stereocenters. The van der Waals surface area contributed by atoms with Crippen molar-refractivity contribution in [2.45, 2.75) is 19.9 Å². The van der Waals surface area contributed by atoms with Crippen LogP contribution in [0.3, 0.4) is 0 Å². The average Bonchev–Trinajstić information content (AvgIpc) is 3.33. The van der Waals surface area contributed by atoms with Gasteiger partial charge in [0.2, 0.25) is 0 Å². The number of nitrogens with one attached hydrogen (secondary N) is 1. The first-order valence-electron chi connectivity index (χ1n) is 10.7. The Labute approximate surface area is 198 Å². The summed E-state index contributed by atoms with van der Waals surface area (Å²) in [5.41, 5.74) is 2.53. The summed E-state index contributed by atoms with van der Waals surface area (Å²) >= 11 is 1.13. The summed E-state index contributed by atoms with van der Waals surface area (Å²) in [5, 5.41) is 2.81. The summed E-state index contributed by atoms with van der Waals surface area (Å²) in [6.45, 7) is 3.62. The summed E-state index contributed by atoms with van der Waals surface area (Å²) in [6, 6.07) is 13.6. The summed E-state index contributed by atoms with van der Waals surface area (Å²) in [4.78, 5) is 44.7. The number of amides is 1. The molecule has 1 amide bonds. The number of para-hydroxylation sites is 2. The third-order valence-corrected chi connectivity index (χ3v) is 6.88. The molecule has 2 aliphatic heterocycles. The Morgan fingerprint density at radius 1 is 1.15 bits per heavy atom. The molecule has 3 aromatic rings. The lowest BCUT2D eigenvalue weighted by molar-refractivity contribution is -0.139. The number of methoxy groups -OCH3 is 1. The van der Waals surface area contributed by atoms with Crippen LogP contribution in [-0.2, 0) is 14.3 Å². The fourth-order valence-corrected chi connectivity index (χ4v) is 5.51. The minimum atomic E-state index is -0.819. The van der Waals surface area contributed by atoms with Crippen molar-refractivity contribution in [3.8, 4) is 5.75 Å². The number of anilines is 1. The van der Waals surface area contributed by atoms with E-state index in [0.717, 1.165) is 11.3 Å². The van der Waals surface area contributed by atoms with Crippen molar-refractivity contribution in [2.24, 2.45) is 4.99 Å². The monoisotopic (exact) mass is 475 g/mol. The van der Waals surface area contributed by atoms with Gasteiger partial charge in [0.05, 0.1) is 30.6 Å². The SMILES string of the molecule is CCOC(=O)C1=C(C)N=c2sc(=C3C(=O)Nc4ccccc43)c(=O)n2[C@@H]1c1ccccc1OC. The van der Waals surface area contributed by atoms with Crippen LogP contribution >= 0.6 is 11.3 Å². The minimum Gasteiger partial charge on any atom is -0.496 e. The van der Waals surface area contributed by atoms with E-state index in [9.17, 15) is 14.4 Å². The van der Waals surface area contributed by atoms with Crippen LogP contribution in [0.4, 0.5) is 5.69 Å². The number of hydrogen-bond donors (Lipinski definition) is 1. The number of rotatable bonds is 4. The third-order valence-electron chi connectivity index (χ3n) is 5.82. The number of nitrogens with zero attached hydrogens (tertiary/aromatic N) is 2. The number of carbonyl (C=O) groups is 2. The first kappa shape index (κ1) is 21.8. The van der Waals surface area contributed by atoms with Crippen molar-refractivity contribution >= 4 is 34.5 Å². The number of fused-ring (bicyclic) bond motifs is 2. The van der Waals surface area contributed by atoms with Gasteiger partial charge in [-0.05, 0) is 26.0 Å². The maximum Gasteiger partial charge on any atom is 0.338 e. The standard InChI is InChI=1S/C25H21N3O5S/c1-4-33-24(31)18-13(2)26-25-28(20(18)15-10-6-8-12-17(15)32-3)23(30)21(34-25)19-14-9-5-7-11-16(14)27-22(19)29/h5-12,20H,4H2,1-3H3,(H,27,29)/t20-/m1/s1. The van der Waals surface area contributed by atoms with Crippen molar-refractivity contribution in [3.63, 3.8) is 0 Å². The molecule has 1 N–H and O–H groups in total. The van der Waals surface area contributed by atoms with E-state index in [1.807, 2.05) is 24.3 Å². The number of esters is 1. The predicted molar refractivity (Wildman–Crippen MR) is 127 cm³/mol. The Morgan fingerprint density at radius 2 is 1.88 bits per heavy atom. The number of ether oxygens (including phenoxy) is 2. The van der Waals surface area contributed by atoms with Crippen molar-refractivity contribution in [1.29, 1.82) is 0 Å². The predicted octanol–water partition coefficient (Wildman–Crippen LogP) is 2.13. The maximum absolute atomic E-state index is 13.9. The van der Waals surface area contributed by atoms with Crippen molar-refractivity contribution in [1.82, 2.24) is 4.57 Å². The van der Waals surface area contributed by atoms with E-state index in [2.05, 4.69) is 10.3 Å². The molecular weight excluding hydrogens is 454 g/mol. The van der Waals surface area contributed by atoms with Crippen LogP contribution in [0.15, 0.2) is 69.6 Å². The van der Waals surface area contributed by atoms with Gasteiger partial charge >= 0.3 is 5.97 Å². The Balaban J connectivity index is 1.85. The van der Waals surface area contributed by atoms with Gasteiger partial charge in [0.1, 0.15) is 16.3 Å². The van der Waals surface area contributed by atoms with Crippen LogP contribution in [0.25, 0.3) is 5.57 Å². The zero-order valence-corrected chi connectivity index (χ0v) is 19.6. The van der Waals surface area contributed by atoms with Gasteiger partial charge in [-0.25, -0.2) is 9.79 Å². The molecule has 8 nitrogen and oxygen atoms in total. The zero-order valence-electron chi connectivity index (χ0n) is 18.7. The molecule has 9 heteroatoms. The quantitative estimate of drug-likeness (QED) is 0.583. The van der Waals surface area contributed by atoms with Crippen molar-refractivity contribution in [2.75, 3.05) is 19.0 Å². The third kappa shape index (κ3) is 3.28. The number of thiazole rings is 1. The molecule has 5 rings (SSSR count). The van der Waals surface area contributed by atoms with E-state index in [1.165, 1.54) is 11.7 Å². The lowest BCUT2D eigenvalue weighted by Crippen LogP contribution is -2.40. The number of benzene rings is 2. The summed E-state index contributed by atoms with van der Waals surface area (Å²) in [5.74, 6) is -0.380. The van der Waals surface area contributed by atoms with Gasteiger partial charge < -0.3 is 14.8 Å². The molecule has 1 aromatic heterocycles. The summed E-state index contributed by atoms with van der Waals surface area (Å²) < 4.78 is 12.6. The molecule has 0 saturated carbocycles. The van der Waals surface area contributed by atoms with Crippen LogP contribution in [0.2, 0.25) is 0 Å². The molecule has 0 bridgehead atoms. The molecule has 34 heavy (non-hydrogen) atoms. The average molecular weight is 476 g/mol. The molecule has 0 saturated heterocycles. The molecule has 1 atom stereocenters. The second-order valence-corrected chi connectivity index (χ2v) is 8.72. The summed E-state index contributed by atoms with van der Waals surface area (Å²) in [7, 11) is 1.53. The molecule has 0 spiro atoms. The highest BCUT2D eigenvalue weighted by molar-refractivity contribution is 7.07. The van der Waals surface area contributed by atoms with Gasteiger partial charge in [-0.1, -0.05) is 47.7 Å². The van der Waals surface area contributed by atoms with Gasteiger partial charge in [0.25, 0.3) is 11.5 Å². The van der Waals surface area contributed by atoms with E-state index >= 15 is 0 Å². The molecule has 172 valence electrons. The highest BCUT2D eigenvalue weighted by Gasteiger charge is 2.36. The van der Waals surface area contributed by atoms with Gasteiger partial charge in [0.15, 0.2) is 4.80 Å². The second-order valence-electron chi connectivity index (χ2n) is 7.74. The lowest BCUT2D eigenvalue weighted by atomic mass is 9.95. The van der Waals surface area contributed by atoms with Crippen molar-refractivity contribution in [3.05, 3.63) is 90.6 Å². The van der Waals surface area contributed by atoms with E-state index in [4.69, 9.17) is 9.47 Å². The number of carbonyl (C=O) groups excluding carboxylic acids is 2. The van der Waals surface area contributed by atoms with Gasteiger partial charge in [-0.2, -0.15) is 0 Å². The zero-order chi connectivity index (χ0) is 24.0. The Morgan fingerprint density at radius 3 is 2.65 bits per heavy atom. The largest absolute Gasteiger partial charge is 0.496 e. The molecule has 3 heterocycles. The van der Waals surface area contributed by atoms with Gasteiger partial charge in [-0.3, -0.25) is 14.2 Å². The normalized spacial score (nSPS) is 18.1. The fraction of sp³-hybridized carbons (Fsp3) is 0.200. The van der Waals surface area contributed by atoms with Crippen LogP contribution in [0, 0.1) is 0 Å². The number of aromatic nitrogens is 1. The van der Waals surface area contributed by atoms with E-state index < -0.39 is 17.6 Å². The molecule has 0 fully saturated rings. The second kappa shape index (κ2) is 8.42. The number of hydrogen-bond acceptors (Lipinski definition) is 7. The first-order valence-corrected chi connectivity index (χ1v) is 11.5. The highest BCUT2D eigenvalue weighted by Crippen LogP contribution is 2.36. The van der Waals surface area contributed by atoms with Crippen LogP contribution in [0.1, 0.15) is 31.0 Å². The molecule has 0 aliphatic carbocycles. The van der Waals surface area contributed by atoms with Crippen LogP contribution in [-0.4, -0.2) is 30.2 Å². The first-order chi connectivity index (χ1) is 16.5. The molecule has 2 aromatic carbocycles. The molecular formula is C25H21N3O5S. The maximum atomic E-state index is 13.9. The number of allylic oxidation sites excluding steroid dienone is 1. The molecule has 0 radical (unpaired) electrons. The van der Waals surface area contributed by atoms with Gasteiger partial charge in [-0.15, -0.1) is 0 Å². The smallest absolute Gasteiger partial charge is 0.338 e. The Hall–Kier alpha value is -3.98. The van der Waals surface area contributed by atoms with E-state index in [1.54, 1.807) is 38.1 Å². The van der Waals surface area contributed by atoms with Crippen molar-refractivity contribution < 1.29 is 19.1 Å². The lowest BCUT2D eigenvalue weighted by Gasteiger charge is -2.25. The minimum absolute atomic E-state index is 0.180. The van der Waals surface area contributed by atoms with E-state index in [-0.39, 0.29) is 22.6 Å². The molecule has 2 aliphatic rings. The summed E-state index contributed by atoms with van der Waals surface area (Å²) in [6.07, 6.45) is 0. The highest BCUT2D eigenvalue weighted by atomic mass is 32.1. The van der Waals surface area contributed by atoms with Crippen LogP contribution < -0.4 is 24.9 Å². The van der Waals surface area contributed by atoms with Gasteiger partial charge in [0, 0.05) is 16.8 Å².